The van der Waals surface area contributed by atoms with Crippen LogP contribution < -0.4 is 5.32 Å². The van der Waals surface area contributed by atoms with Crippen molar-refractivity contribution in [2.24, 2.45) is 5.92 Å². The maximum Gasteiger partial charge on any atom is 0.227 e. The number of aromatic amines is 1. The van der Waals surface area contributed by atoms with E-state index in [2.05, 4.69) is 45.3 Å². The van der Waals surface area contributed by atoms with Crippen molar-refractivity contribution < 1.29 is 4.79 Å². The maximum atomic E-state index is 12.5. The van der Waals surface area contributed by atoms with Crippen molar-refractivity contribution in [2.75, 3.05) is 18.4 Å². The van der Waals surface area contributed by atoms with E-state index in [1.165, 1.54) is 5.56 Å². The number of H-pyrrole nitrogens is 1. The molecule has 2 aromatic carbocycles. The van der Waals surface area contributed by atoms with Crippen LogP contribution in [0.4, 0.5) is 5.69 Å². The molecule has 0 aliphatic carbocycles. The molecule has 1 saturated heterocycles. The van der Waals surface area contributed by atoms with Gasteiger partial charge in [0, 0.05) is 11.6 Å². The van der Waals surface area contributed by atoms with Crippen LogP contribution in [0, 0.1) is 19.8 Å². The third-order valence-corrected chi connectivity index (χ3v) is 5.30. The van der Waals surface area contributed by atoms with Crippen LogP contribution in [-0.4, -0.2) is 33.9 Å². The van der Waals surface area contributed by atoms with Gasteiger partial charge in [-0.25, -0.2) is 4.98 Å². The van der Waals surface area contributed by atoms with Gasteiger partial charge in [-0.05, 0) is 75.2 Å². The van der Waals surface area contributed by atoms with Gasteiger partial charge in [0.1, 0.15) is 5.82 Å². The maximum absolute atomic E-state index is 12.5. The van der Waals surface area contributed by atoms with Crippen LogP contribution in [0.25, 0.3) is 11.0 Å². The van der Waals surface area contributed by atoms with E-state index in [4.69, 9.17) is 0 Å². The van der Waals surface area contributed by atoms with Gasteiger partial charge in [-0.2, -0.15) is 0 Å². The van der Waals surface area contributed by atoms with Gasteiger partial charge in [0.25, 0.3) is 0 Å². The summed E-state index contributed by atoms with van der Waals surface area (Å²) in [5, 5.41) is 3.06. The van der Waals surface area contributed by atoms with E-state index in [0.717, 1.165) is 60.6 Å². The molecule has 140 valence electrons. The first-order chi connectivity index (χ1) is 13.1. The van der Waals surface area contributed by atoms with Gasteiger partial charge < -0.3 is 10.3 Å². The largest absolute Gasteiger partial charge is 0.341 e. The van der Waals surface area contributed by atoms with E-state index < -0.39 is 0 Å². The van der Waals surface area contributed by atoms with Crippen LogP contribution in [0.2, 0.25) is 0 Å². The third kappa shape index (κ3) is 4.19. The van der Waals surface area contributed by atoms with Crippen molar-refractivity contribution in [1.82, 2.24) is 14.9 Å². The van der Waals surface area contributed by atoms with Crippen LogP contribution in [0.1, 0.15) is 29.8 Å². The fraction of sp³-hybridized carbons (Fsp3) is 0.364. The fourth-order valence-electron chi connectivity index (χ4n) is 3.78. The number of aromatic nitrogens is 2. The Balaban J connectivity index is 1.32. The fourth-order valence-corrected chi connectivity index (χ4v) is 3.78. The molecule has 0 radical (unpaired) electrons. The molecule has 0 atom stereocenters. The number of nitrogens with zero attached hydrogens (tertiary/aromatic N) is 2. The summed E-state index contributed by atoms with van der Waals surface area (Å²) in [6.45, 7) is 6.77. The summed E-state index contributed by atoms with van der Waals surface area (Å²) in [5.74, 6) is 1.22. The summed E-state index contributed by atoms with van der Waals surface area (Å²) in [6, 6.07) is 14.3. The number of benzene rings is 2. The highest BCUT2D eigenvalue weighted by molar-refractivity contribution is 5.92. The zero-order valence-electron chi connectivity index (χ0n) is 16.0. The van der Waals surface area contributed by atoms with E-state index in [9.17, 15) is 4.79 Å². The van der Waals surface area contributed by atoms with E-state index in [0.29, 0.717) is 0 Å². The summed E-state index contributed by atoms with van der Waals surface area (Å²) in [7, 11) is 0. The molecule has 1 amide bonds. The van der Waals surface area contributed by atoms with E-state index in [1.54, 1.807) is 0 Å². The average molecular weight is 362 g/mol. The molecule has 5 heteroatoms. The Kier molecular flexibility index (Phi) is 4.94. The lowest BCUT2D eigenvalue weighted by atomic mass is 9.95. The number of carbonyl (C=O) groups is 1. The van der Waals surface area contributed by atoms with Crippen LogP contribution in [0.5, 0.6) is 0 Å². The van der Waals surface area contributed by atoms with Crippen LogP contribution in [-0.2, 0) is 11.3 Å². The molecule has 2 N–H and O–H groups in total. The number of imidazole rings is 1. The predicted molar refractivity (Wildman–Crippen MR) is 109 cm³/mol. The van der Waals surface area contributed by atoms with Crippen LogP contribution in [0.15, 0.2) is 42.5 Å². The van der Waals surface area contributed by atoms with Crippen LogP contribution in [0.3, 0.4) is 0 Å². The Morgan fingerprint density at radius 1 is 1.15 bits per heavy atom. The SMILES string of the molecule is Cc1cccc(NC(=O)C2CCN(Cc3nc4ccc(C)cc4[nH]3)CC2)c1. The molecule has 1 aromatic heterocycles. The van der Waals surface area contributed by atoms with Crippen molar-refractivity contribution in [1.29, 1.82) is 0 Å². The zero-order chi connectivity index (χ0) is 18.8. The van der Waals surface area contributed by atoms with E-state index in [1.807, 2.05) is 31.2 Å². The number of likely N-dealkylation sites (tertiary alicyclic amines) is 1. The molecule has 1 aliphatic heterocycles. The lowest BCUT2D eigenvalue weighted by Gasteiger charge is -2.30. The van der Waals surface area contributed by atoms with Crippen molar-refractivity contribution in [2.45, 2.75) is 33.2 Å². The predicted octanol–water partition coefficient (Wildman–Crippen LogP) is 4.03. The normalized spacial score (nSPS) is 15.9. The standard InChI is InChI=1S/C22H26N4O/c1-15-4-3-5-18(12-15)23-22(27)17-8-10-26(11-9-17)14-21-24-19-7-6-16(2)13-20(19)25-21/h3-7,12-13,17H,8-11,14H2,1-2H3,(H,23,27)(H,24,25). The highest BCUT2D eigenvalue weighted by atomic mass is 16.1. The summed E-state index contributed by atoms with van der Waals surface area (Å²) in [5.41, 5.74) is 5.39. The number of fused-ring (bicyclic) bond motifs is 1. The zero-order valence-corrected chi connectivity index (χ0v) is 16.0. The number of rotatable bonds is 4. The molecule has 1 fully saturated rings. The van der Waals surface area contributed by atoms with Gasteiger partial charge >= 0.3 is 0 Å². The Morgan fingerprint density at radius 3 is 2.70 bits per heavy atom. The van der Waals surface area contributed by atoms with E-state index >= 15 is 0 Å². The first kappa shape index (κ1) is 17.7. The van der Waals surface area contributed by atoms with Gasteiger partial charge in [0.15, 0.2) is 0 Å². The third-order valence-electron chi connectivity index (χ3n) is 5.30. The summed E-state index contributed by atoms with van der Waals surface area (Å²) >= 11 is 0. The summed E-state index contributed by atoms with van der Waals surface area (Å²) in [6.07, 6.45) is 1.77. The number of anilines is 1. The van der Waals surface area contributed by atoms with Gasteiger partial charge in [0.05, 0.1) is 17.6 Å². The number of carbonyl (C=O) groups excluding carboxylic acids is 1. The molecular weight excluding hydrogens is 336 g/mol. The average Bonchev–Trinajstić information content (AvgIpc) is 3.03. The Hall–Kier alpha value is -2.66. The molecule has 2 heterocycles. The number of hydrogen-bond donors (Lipinski definition) is 2. The van der Waals surface area contributed by atoms with Gasteiger partial charge in [-0.1, -0.05) is 18.2 Å². The second-order valence-corrected chi connectivity index (χ2v) is 7.61. The number of hydrogen-bond acceptors (Lipinski definition) is 3. The van der Waals surface area contributed by atoms with E-state index in [-0.39, 0.29) is 11.8 Å². The lowest BCUT2D eigenvalue weighted by Crippen LogP contribution is -2.38. The number of amides is 1. The van der Waals surface area contributed by atoms with Crippen molar-refractivity contribution >= 4 is 22.6 Å². The molecule has 5 nitrogen and oxygen atoms in total. The van der Waals surface area contributed by atoms with Crippen molar-refractivity contribution in [3.05, 3.63) is 59.4 Å². The van der Waals surface area contributed by atoms with Crippen LogP contribution >= 0.6 is 0 Å². The molecule has 1 aliphatic rings. The minimum atomic E-state index is 0.0834. The smallest absolute Gasteiger partial charge is 0.227 e. The molecule has 0 bridgehead atoms. The first-order valence-corrected chi connectivity index (χ1v) is 9.62. The van der Waals surface area contributed by atoms with Gasteiger partial charge in [-0.15, -0.1) is 0 Å². The molecule has 0 spiro atoms. The molecule has 0 saturated carbocycles. The Bertz CT molecular complexity index is 954. The van der Waals surface area contributed by atoms with Crippen molar-refractivity contribution in [3.63, 3.8) is 0 Å². The molecule has 27 heavy (non-hydrogen) atoms. The Labute approximate surface area is 159 Å². The molecule has 4 rings (SSSR count). The lowest BCUT2D eigenvalue weighted by molar-refractivity contribution is -0.121. The minimum Gasteiger partial charge on any atom is -0.341 e. The second-order valence-electron chi connectivity index (χ2n) is 7.61. The quantitative estimate of drug-likeness (QED) is 0.737. The summed E-state index contributed by atoms with van der Waals surface area (Å²) < 4.78 is 0. The van der Waals surface area contributed by atoms with Gasteiger partial charge in [-0.3, -0.25) is 9.69 Å². The molecule has 0 unspecified atom stereocenters. The van der Waals surface area contributed by atoms with Crippen molar-refractivity contribution in [3.8, 4) is 0 Å². The second kappa shape index (κ2) is 7.53. The van der Waals surface area contributed by atoms with Gasteiger partial charge in [0.2, 0.25) is 5.91 Å². The Morgan fingerprint density at radius 2 is 1.93 bits per heavy atom. The number of piperidine rings is 1. The number of nitrogens with one attached hydrogen (secondary N) is 2. The minimum absolute atomic E-state index is 0.0834. The first-order valence-electron chi connectivity index (χ1n) is 9.62. The highest BCUT2D eigenvalue weighted by Gasteiger charge is 2.25. The summed E-state index contributed by atoms with van der Waals surface area (Å²) in [4.78, 5) is 23.0. The highest BCUT2D eigenvalue weighted by Crippen LogP contribution is 2.22. The number of aryl methyl sites for hydroxylation is 2. The monoisotopic (exact) mass is 362 g/mol. The molecular formula is C22H26N4O. The topological polar surface area (TPSA) is 61.0 Å². The molecule has 3 aromatic rings.